The number of carbonyl (C=O) groups is 3. The van der Waals surface area contributed by atoms with Gasteiger partial charge in [-0.1, -0.05) is 63.2 Å². The number of hydrogen-bond acceptors (Lipinski definition) is 3. The molecule has 0 aromatic heterocycles. The van der Waals surface area contributed by atoms with Crippen molar-refractivity contribution in [1.29, 1.82) is 0 Å². The van der Waals surface area contributed by atoms with Crippen molar-refractivity contribution in [3.63, 3.8) is 0 Å². The summed E-state index contributed by atoms with van der Waals surface area (Å²) < 4.78 is 0. The fraction of sp³-hybridized carbons (Fsp3) is 0.318. The summed E-state index contributed by atoms with van der Waals surface area (Å²) in [6.07, 6.45) is 0.207. The normalized spacial score (nSPS) is 12.1. The molecule has 2 aromatic carbocycles. The molecule has 0 radical (unpaired) electrons. The van der Waals surface area contributed by atoms with Crippen molar-refractivity contribution in [3.05, 3.63) is 71.3 Å². The lowest BCUT2D eigenvalue weighted by Gasteiger charge is -2.18. The fourth-order valence-corrected chi connectivity index (χ4v) is 2.51. The van der Waals surface area contributed by atoms with E-state index in [1.165, 1.54) is 0 Å². The molecule has 3 N–H and O–H groups in total. The number of carboxylic acid groups (broad SMARTS) is 1. The number of rotatable bonds is 7. The van der Waals surface area contributed by atoms with E-state index in [9.17, 15) is 19.5 Å². The molecule has 0 aliphatic heterocycles. The third-order valence-corrected chi connectivity index (χ3v) is 4.24. The maximum Gasteiger partial charge on any atom is 0.326 e. The van der Waals surface area contributed by atoms with Crippen LogP contribution in [0.5, 0.6) is 0 Å². The number of carbonyl (C=O) groups excluding carboxylic acids is 2. The minimum atomic E-state index is -1.08. The van der Waals surface area contributed by atoms with Crippen LogP contribution in [-0.4, -0.2) is 28.9 Å². The van der Waals surface area contributed by atoms with Gasteiger partial charge in [0.2, 0.25) is 5.91 Å². The second-order valence-electron chi connectivity index (χ2n) is 7.68. The smallest absolute Gasteiger partial charge is 0.326 e. The molecule has 0 heterocycles. The van der Waals surface area contributed by atoms with Crippen molar-refractivity contribution in [3.8, 4) is 0 Å². The first kappa shape index (κ1) is 21.2. The van der Waals surface area contributed by atoms with Crippen LogP contribution in [0.25, 0.3) is 0 Å². The Morgan fingerprint density at radius 2 is 1.54 bits per heavy atom. The predicted octanol–water partition coefficient (Wildman–Crippen LogP) is 2.77. The second kappa shape index (κ2) is 9.17. The fourth-order valence-electron chi connectivity index (χ4n) is 2.51. The third kappa shape index (κ3) is 6.23. The summed E-state index contributed by atoms with van der Waals surface area (Å²) >= 11 is 0. The number of hydrogen-bond donors (Lipinski definition) is 3. The monoisotopic (exact) mass is 382 g/mol. The van der Waals surface area contributed by atoms with Gasteiger partial charge in [0.15, 0.2) is 0 Å². The highest BCUT2D eigenvalue weighted by molar-refractivity contribution is 5.96. The van der Waals surface area contributed by atoms with Gasteiger partial charge in [0.1, 0.15) is 6.04 Å². The molecule has 2 aromatic rings. The quantitative estimate of drug-likeness (QED) is 0.686. The Labute approximate surface area is 165 Å². The largest absolute Gasteiger partial charge is 0.480 e. The molecule has 1 atom stereocenters. The molecule has 0 unspecified atom stereocenters. The van der Waals surface area contributed by atoms with Crippen molar-refractivity contribution in [2.24, 2.45) is 5.41 Å². The van der Waals surface area contributed by atoms with E-state index in [0.29, 0.717) is 12.1 Å². The topological polar surface area (TPSA) is 95.5 Å². The number of nitrogens with one attached hydrogen (secondary N) is 2. The van der Waals surface area contributed by atoms with E-state index in [1.807, 2.05) is 51.1 Å². The van der Waals surface area contributed by atoms with Crippen LogP contribution in [-0.2, 0) is 22.6 Å². The van der Waals surface area contributed by atoms with Crippen LogP contribution in [0.4, 0.5) is 0 Å². The van der Waals surface area contributed by atoms with E-state index in [4.69, 9.17) is 0 Å². The lowest BCUT2D eigenvalue weighted by Crippen LogP contribution is -2.42. The summed E-state index contributed by atoms with van der Waals surface area (Å²) in [5.41, 5.74) is 1.59. The Bertz CT molecular complexity index is 824. The average molecular weight is 382 g/mol. The van der Waals surface area contributed by atoms with Gasteiger partial charge in [0.25, 0.3) is 5.91 Å². The van der Waals surface area contributed by atoms with Crippen molar-refractivity contribution in [2.45, 2.75) is 39.8 Å². The number of amides is 2. The van der Waals surface area contributed by atoms with Gasteiger partial charge in [-0.05, 0) is 23.3 Å². The van der Waals surface area contributed by atoms with Crippen molar-refractivity contribution >= 4 is 17.8 Å². The molecule has 2 amide bonds. The predicted molar refractivity (Wildman–Crippen MR) is 107 cm³/mol. The lowest BCUT2D eigenvalue weighted by molar-refractivity contribution is -0.139. The van der Waals surface area contributed by atoms with Crippen LogP contribution in [0.1, 0.15) is 42.3 Å². The molecule has 148 valence electrons. The first-order chi connectivity index (χ1) is 13.2. The Hall–Kier alpha value is -3.15. The minimum Gasteiger partial charge on any atom is -0.480 e. The van der Waals surface area contributed by atoms with Crippen molar-refractivity contribution in [1.82, 2.24) is 10.6 Å². The number of benzene rings is 2. The zero-order chi connectivity index (χ0) is 20.7. The van der Waals surface area contributed by atoms with Crippen LogP contribution in [0.2, 0.25) is 0 Å². The summed E-state index contributed by atoms with van der Waals surface area (Å²) in [6.45, 7) is 5.88. The molecular formula is C22H26N2O4. The van der Waals surface area contributed by atoms with Gasteiger partial charge in [-0.25, -0.2) is 4.79 Å². The number of carboxylic acids is 1. The average Bonchev–Trinajstić information content (AvgIpc) is 2.65. The molecular weight excluding hydrogens is 356 g/mol. The standard InChI is InChI=1S/C22H26N2O4/c1-22(2,3)21(28)23-14-16-9-11-17(12-10-16)19(25)24-18(20(26)27)13-15-7-5-4-6-8-15/h4-12,18H,13-14H2,1-3H3,(H,23,28)(H,24,25)(H,26,27)/t18-/m1/s1. The van der Waals surface area contributed by atoms with E-state index in [1.54, 1.807) is 24.3 Å². The van der Waals surface area contributed by atoms with Gasteiger partial charge in [-0.2, -0.15) is 0 Å². The van der Waals surface area contributed by atoms with Crippen LogP contribution in [0.3, 0.4) is 0 Å². The molecule has 0 saturated heterocycles. The second-order valence-corrected chi connectivity index (χ2v) is 7.68. The number of aliphatic carboxylic acids is 1. The van der Waals surface area contributed by atoms with Gasteiger partial charge in [-0.3, -0.25) is 9.59 Å². The molecule has 0 fully saturated rings. The highest BCUT2D eigenvalue weighted by Gasteiger charge is 2.22. The minimum absolute atomic E-state index is 0.0560. The van der Waals surface area contributed by atoms with E-state index in [0.717, 1.165) is 11.1 Å². The molecule has 2 rings (SSSR count). The van der Waals surface area contributed by atoms with Gasteiger partial charge in [0.05, 0.1) is 0 Å². The zero-order valence-electron chi connectivity index (χ0n) is 16.4. The van der Waals surface area contributed by atoms with Crippen molar-refractivity contribution in [2.75, 3.05) is 0 Å². The zero-order valence-corrected chi connectivity index (χ0v) is 16.4. The van der Waals surface area contributed by atoms with E-state index in [-0.39, 0.29) is 12.3 Å². The highest BCUT2D eigenvalue weighted by Crippen LogP contribution is 2.13. The van der Waals surface area contributed by atoms with E-state index >= 15 is 0 Å². The first-order valence-electron chi connectivity index (χ1n) is 9.11. The molecule has 6 heteroatoms. The van der Waals surface area contributed by atoms with E-state index < -0.39 is 23.3 Å². The lowest BCUT2D eigenvalue weighted by atomic mass is 9.95. The van der Waals surface area contributed by atoms with Gasteiger partial charge >= 0.3 is 5.97 Å². The van der Waals surface area contributed by atoms with Crippen LogP contribution in [0.15, 0.2) is 54.6 Å². The van der Waals surface area contributed by atoms with Crippen molar-refractivity contribution < 1.29 is 19.5 Å². The van der Waals surface area contributed by atoms with Crippen LogP contribution >= 0.6 is 0 Å². The molecule has 0 bridgehead atoms. The maximum absolute atomic E-state index is 12.4. The molecule has 0 saturated carbocycles. The van der Waals surface area contributed by atoms with Gasteiger partial charge in [0, 0.05) is 23.9 Å². The Balaban J connectivity index is 1.97. The summed E-state index contributed by atoms with van der Waals surface area (Å²) in [7, 11) is 0. The molecule has 0 aliphatic carbocycles. The summed E-state index contributed by atoms with van der Waals surface area (Å²) in [5.74, 6) is -1.59. The molecule has 0 spiro atoms. The van der Waals surface area contributed by atoms with Gasteiger partial charge in [-0.15, -0.1) is 0 Å². The van der Waals surface area contributed by atoms with Crippen LogP contribution < -0.4 is 10.6 Å². The van der Waals surface area contributed by atoms with Crippen LogP contribution in [0, 0.1) is 5.41 Å². The molecule has 28 heavy (non-hydrogen) atoms. The maximum atomic E-state index is 12.4. The SMILES string of the molecule is CC(C)(C)C(=O)NCc1ccc(C(=O)N[C@H](Cc2ccccc2)C(=O)O)cc1. The summed E-state index contributed by atoms with van der Waals surface area (Å²) in [4.78, 5) is 35.8. The molecule has 0 aliphatic rings. The Morgan fingerprint density at radius 3 is 2.07 bits per heavy atom. The highest BCUT2D eigenvalue weighted by atomic mass is 16.4. The third-order valence-electron chi connectivity index (χ3n) is 4.24. The summed E-state index contributed by atoms with van der Waals surface area (Å²) in [6, 6.07) is 14.9. The Kier molecular flexibility index (Phi) is 6.93. The summed E-state index contributed by atoms with van der Waals surface area (Å²) in [5, 5.41) is 14.8. The van der Waals surface area contributed by atoms with Gasteiger partial charge < -0.3 is 15.7 Å². The Morgan fingerprint density at radius 1 is 0.929 bits per heavy atom. The molecule has 6 nitrogen and oxygen atoms in total. The first-order valence-corrected chi connectivity index (χ1v) is 9.11. The van der Waals surface area contributed by atoms with E-state index in [2.05, 4.69) is 10.6 Å².